The largest absolute Gasteiger partial charge is 0.271 e. The Balaban J connectivity index is 2.15. The highest BCUT2D eigenvalue weighted by Gasteiger charge is 2.10. The van der Waals surface area contributed by atoms with Crippen LogP contribution in [-0.4, -0.2) is 17.0 Å². The molecule has 0 aliphatic rings. The molecule has 0 aliphatic carbocycles. The average molecular weight is 274 g/mol. The van der Waals surface area contributed by atoms with Gasteiger partial charge in [0, 0.05) is 11.8 Å². The molecular weight excluding hydrogens is 252 g/mol. The molecule has 2 aromatic carbocycles. The fourth-order valence-electron chi connectivity index (χ4n) is 2.21. The second kappa shape index (κ2) is 6.94. The molecule has 2 rings (SSSR count). The Morgan fingerprint density at radius 1 is 1.11 bits per heavy atom. The highest BCUT2D eigenvalue weighted by Crippen LogP contribution is 2.21. The number of thioether (sulfide) groups is 1. The molecule has 2 nitrogen and oxygen atoms in total. The summed E-state index contributed by atoms with van der Waals surface area (Å²) < 4.78 is 0. The zero-order valence-corrected chi connectivity index (χ0v) is 12.4. The number of hydrogen-bond acceptors (Lipinski definition) is 3. The Hall–Kier alpha value is -1.03. The van der Waals surface area contributed by atoms with E-state index < -0.39 is 0 Å². The van der Waals surface area contributed by atoms with Gasteiger partial charge in [0.2, 0.25) is 0 Å². The highest BCUT2D eigenvalue weighted by molar-refractivity contribution is 7.99. The van der Waals surface area contributed by atoms with E-state index in [9.17, 15) is 0 Å². The molecule has 0 radical (unpaired) electrons. The van der Waals surface area contributed by atoms with Gasteiger partial charge in [0.1, 0.15) is 0 Å². The Morgan fingerprint density at radius 2 is 1.84 bits per heavy atom. The van der Waals surface area contributed by atoms with Gasteiger partial charge in [0.05, 0.1) is 0 Å². The molecule has 0 aliphatic heterocycles. The van der Waals surface area contributed by atoms with E-state index in [1.165, 1.54) is 16.3 Å². The lowest BCUT2D eigenvalue weighted by Gasteiger charge is -2.18. The van der Waals surface area contributed by atoms with E-state index in [1.807, 2.05) is 11.8 Å². The first-order chi connectivity index (χ1) is 9.20. The number of nitrogens with two attached hydrogens (primary N) is 1. The number of rotatable bonds is 6. The lowest BCUT2D eigenvalue weighted by molar-refractivity contribution is 0.576. The average Bonchev–Trinajstić information content (AvgIpc) is 2.43. The van der Waals surface area contributed by atoms with Crippen LogP contribution in [0.5, 0.6) is 0 Å². The summed E-state index contributed by atoms with van der Waals surface area (Å²) in [7, 11) is 0. The molecule has 0 saturated carbocycles. The molecule has 3 N–H and O–H groups in total. The van der Waals surface area contributed by atoms with Crippen LogP contribution in [0.15, 0.2) is 42.5 Å². The predicted octanol–water partition coefficient (Wildman–Crippen LogP) is 3.36. The number of hydrazine groups is 1. The number of hydrogen-bond donors (Lipinski definition) is 2. The van der Waals surface area contributed by atoms with Crippen LogP contribution in [0.1, 0.15) is 19.4 Å². The SMILES string of the molecule is CC(C)SCC(Cc1cccc2ccccc12)NN. The van der Waals surface area contributed by atoms with Crippen molar-refractivity contribution in [1.29, 1.82) is 0 Å². The van der Waals surface area contributed by atoms with E-state index >= 15 is 0 Å². The maximum Gasteiger partial charge on any atom is 0.0341 e. The Labute approximate surface area is 119 Å². The summed E-state index contributed by atoms with van der Waals surface area (Å²) in [6, 6.07) is 15.3. The summed E-state index contributed by atoms with van der Waals surface area (Å²) in [4.78, 5) is 0. The Morgan fingerprint density at radius 3 is 2.58 bits per heavy atom. The smallest absolute Gasteiger partial charge is 0.0341 e. The van der Waals surface area contributed by atoms with Crippen LogP contribution in [0.4, 0.5) is 0 Å². The van der Waals surface area contributed by atoms with Crippen molar-refractivity contribution in [3.05, 3.63) is 48.0 Å². The van der Waals surface area contributed by atoms with Gasteiger partial charge in [0.15, 0.2) is 0 Å². The lowest BCUT2D eigenvalue weighted by atomic mass is 10.00. The van der Waals surface area contributed by atoms with Crippen molar-refractivity contribution in [1.82, 2.24) is 5.43 Å². The molecule has 1 atom stereocenters. The second-order valence-corrected chi connectivity index (χ2v) is 6.70. The second-order valence-electron chi connectivity index (χ2n) is 5.09. The third-order valence-corrected chi connectivity index (χ3v) is 4.47. The monoisotopic (exact) mass is 274 g/mol. The van der Waals surface area contributed by atoms with Gasteiger partial charge < -0.3 is 0 Å². The van der Waals surface area contributed by atoms with Crippen LogP contribution in [-0.2, 0) is 6.42 Å². The number of fused-ring (bicyclic) bond motifs is 1. The summed E-state index contributed by atoms with van der Waals surface area (Å²) in [5.74, 6) is 6.73. The van der Waals surface area contributed by atoms with E-state index in [0.29, 0.717) is 11.3 Å². The minimum atomic E-state index is 0.318. The summed E-state index contributed by atoms with van der Waals surface area (Å²) in [5.41, 5.74) is 4.32. The van der Waals surface area contributed by atoms with Crippen molar-refractivity contribution in [3.63, 3.8) is 0 Å². The Kier molecular flexibility index (Phi) is 5.25. The zero-order valence-electron chi connectivity index (χ0n) is 11.6. The van der Waals surface area contributed by atoms with Gasteiger partial charge in [-0.25, -0.2) is 0 Å². The van der Waals surface area contributed by atoms with E-state index in [4.69, 9.17) is 5.84 Å². The number of nitrogens with one attached hydrogen (secondary N) is 1. The summed E-state index contributed by atoms with van der Waals surface area (Å²) in [6.45, 7) is 4.44. The molecule has 0 spiro atoms. The van der Waals surface area contributed by atoms with E-state index in [-0.39, 0.29) is 0 Å². The molecule has 0 amide bonds. The first kappa shape index (κ1) is 14.4. The molecule has 1 unspecified atom stereocenters. The van der Waals surface area contributed by atoms with Gasteiger partial charge >= 0.3 is 0 Å². The molecule has 0 bridgehead atoms. The fourth-order valence-corrected chi connectivity index (χ4v) is 3.04. The van der Waals surface area contributed by atoms with Crippen molar-refractivity contribution in [3.8, 4) is 0 Å². The van der Waals surface area contributed by atoms with Crippen molar-refractivity contribution in [2.45, 2.75) is 31.6 Å². The van der Waals surface area contributed by atoms with Crippen LogP contribution in [0.3, 0.4) is 0 Å². The molecule has 2 aromatic rings. The fraction of sp³-hybridized carbons (Fsp3) is 0.375. The zero-order chi connectivity index (χ0) is 13.7. The molecule has 0 saturated heterocycles. The van der Waals surface area contributed by atoms with Gasteiger partial charge in [-0.2, -0.15) is 11.8 Å². The normalized spacial score (nSPS) is 13.1. The van der Waals surface area contributed by atoms with Gasteiger partial charge in [-0.1, -0.05) is 56.3 Å². The standard InChI is InChI=1S/C16H22N2S/c1-12(2)19-11-15(18-17)10-14-8-5-7-13-6-3-4-9-16(13)14/h3-9,12,15,18H,10-11,17H2,1-2H3. The van der Waals surface area contributed by atoms with Crippen LogP contribution in [0.25, 0.3) is 10.8 Å². The van der Waals surface area contributed by atoms with Gasteiger partial charge in [-0.3, -0.25) is 11.3 Å². The maximum atomic E-state index is 5.69. The molecule has 3 heteroatoms. The van der Waals surface area contributed by atoms with Crippen LogP contribution in [0, 0.1) is 0 Å². The summed E-state index contributed by atoms with van der Waals surface area (Å²) in [5, 5.41) is 3.27. The first-order valence-corrected chi connectivity index (χ1v) is 7.80. The van der Waals surface area contributed by atoms with Crippen molar-refractivity contribution >= 4 is 22.5 Å². The number of benzene rings is 2. The third kappa shape index (κ3) is 3.96. The van der Waals surface area contributed by atoms with E-state index in [2.05, 4.69) is 61.7 Å². The predicted molar refractivity (Wildman–Crippen MR) is 86.4 cm³/mol. The van der Waals surface area contributed by atoms with Crippen molar-refractivity contribution < 1.29 is 0 Å². The van der Waals surface area contributed by atoms with E-state index in [1.54, 1.807) is 0 Å². The lowest BCUT2D eigenvalue weighted by Crippen LogP contribution is -2.39. The van der Waals surface area contributed by atoms with Crippen molar-refractivity contribution in [2.75, 3.05) is 5.75 Å². The maximum absolute atomic E-state index is 5.69. The molecule has 19 heavy (non-hydrogen) atoms. The van der Waals surface area contributed by atoms with Crippen LogP contribution >= 0.6 is 11.8 Å². The van der Waals surface area contributed by atoms with Crippen LogP contribution < -0.4 is 11.3 Å². The minimum absolute atomic E-state index is 0.318. The highest BCUT2D eigenvalue weighted by atomic mass is 32.2. The molecule has 0 heterocycles. The topological polar surface area (TPSA) is 38.0 Å². The van der Waals surface area contributed by atoms with E-state index in [0.717, 1.165) is 12.2 Å². The van der Waals surface area contributed by atoms with Gasteiger partial charge in [0.25, 0.3) is 0 Å². The third-order valence-electron chi connectivity index (χ3n) is 3.21. The molecule has 0 fully saturated rings. The molecule has 0 aromatic heterocycles. The molecular formula is C16H22N2S. The quantitative estimate of drug-likeness (QED) is 0.626. The van der Waals surface area contributed by atoms with Crippen molar-refractivity contribution in [2.24, 2.45) is 5.84 Å². The van der Waals surface area contributed by atoms with Crippen LogP contribution in [0.2, 0.25) is 0 Å². The Bertz CT molecular complexity index is 520. The van der Waals surface area contributed by atoms with Gasteiger partial charge in [-0.15, -0.1) is 0 Å². The summed E-state index contributed by atoms with van der Waals surface area (Å²) in [6.07, 6.45) is 0.970. The molecule has 102 valence electrons. The minimum Gasteiger partial charge on any atom is -0.271 e. The first-order valence-electron chi connectivity index (χ1n) is 6.75. The summed E-state index contributed by atoms with van der Waals surface area (Å²) >= 11 is 1.95. The van der Waals surface area contributed by atoms with Gasteiger partial charge in [-0.05, 0) is 28.0 Å².